The first kappa shape index (κ1) is 37.2. The molecule has 4 bridgehead atoms. The highest BCUT2D eigenvalue weighted by Crippen LogP contribution is 2.47. The molecular formula is C48H54N6O4. The Bertz CT molecular complexity index is 2280. The lowest BCUT2D eigenvalue weighted by Gasteiger charge is -2.52. The summed E-state index contributed by atoms with van der Waals surface area (Å²) in [5.41, 5.74) is 4.01. The maximum atomic E-state index is 7.30. The maximum absolute atomic E-state index is 7.30. The highest BCUT2D eigenvalue weighted by atomic mass is 16.5. The molecule has 0 spiro atoms. The highest BCUT2D eigenvalue weighted by Gasteiger charge is 2.46. The number of piperidine rings is 6. The topological polar surface area (TPSA) is 95.0 Å². The fourth-order valence-corrected chi connectivity index (χ4v) is 11.1. The van der Waals surface area contributed by atoms with Crippen LogP contribution in [0.15, 0.2) is 85.2 Å². The molecule has 2 unspecified atom stereocenters. The SMILES string of the molecule is CC[C@H]1CN2CC[C@H]1C[C@@H]2[C@H](Oc1nnc(O[C@H](c2ccnc3ccc(OC)cc23)[C@H]2C[C@@H]3CCN2C[C@@H]3CC)c2ccccc12)c1ccnc2ccc(OC)cc12. The molecule has 6 aliphatic rings. The largest absolute Gasteiger partial charge is 0.497 e. The van der Waals surface area contributed by atoms with Gasteiger partial charge >= 0.3 is 0 Å². The van der Waals surface area contributed by atoms with Crippen LogP contribution in [0.5, 0.6) is 23.3 Å². The second kappa shape index (κ2) is 15.6. The summed E-state index contributed by atoms with van der Waals surface area (Å²) in [7, 11) is 3.42. The second-order valence-corrected chi connectivity index (χ2v) is 17.0. The molecule has 6 aromatic rings. The zero-order valence-corrected chi connectivity index (χ0v) is 34.1. The standard InChI is InChI=1S/C48H54N6O4/c1-5-29-27-53-21-17-31(29)23-43(53)45(35-15-19-49-41-13-11-33(55-3)25-39(35)41)57-47-37-9-7-8-10-38(37)48(52-51-47)58-46(44-24-32-18-22-54(44)28-30(32)6-2)36-16-20-50-42-14-12-34(56-4)26-40(36)42/h7-16,19-20,25-26,29-32,43-46H,5-6,17-18,21-24,27-28H2,1-4H3/t29-,30-,31-,32-,43+,44+,45+,46+/m0/s1. The number of fused-ring (bicyclic) bond motifs is 9. The zero-order chi connectivity index (χ0) is 39.3. The van der Waals surface area contributed by atoms with E-state index in [4.69, 9.17) is 39.1 Å². The normalized spacial score (nSPS) is 27.4. The number of nitrogens with zero attached hydrogens (tertiary/aromatic N) is 6. The van der Waals surface area contributed by atoms with Gasteiger partial charge in [-0.25, -0.2) is 0 Å². The number of methoxy groups -OCH3 is 2. The van der Waals surface area contributed by atoms with Crippen LogP contribution in [-0.2, 0) is 0 Å². The van der Waals surface area contributed by atoms with Gasteiger partial charge in [0.05, 0.1) is 48.1 Å². The summed E-state index contributed by atoms with van der Waals surface area (Å²) < 4.78 is 26.0. The second-order valence-electron chi connectivity index (χ2n) is 17.0. The summed E-state index contributed by atoms with van der Waals surface area (Å²) in [6.45, 7) is 9.00. The number of pyridine rings is 2. The smallest absolute Gasteiger partial charge is 0.242 e. The van der Waals surface area contributed by atoms with E-state index in [1.165, 1.54) is 25.7 Å². The van der Waals surface area contributed by atoms with Crippen molar-refractivity contribution >= 4 is 32.6 Å². The molecular weight excluding hydrogens is 725 g/mol. The molecule has 300 valence electrons. The minimum absolute atomic E-state index is 0.180. The first-order valence-electron chi connectivity index (χ1n) is 21.5. The van der Waals surface area contributed by atoms with E-state index >= 15 is 0 Å². The van der Waals surface area contributed by atoms with E-state index in [-0.39, 0.29) is 24.3 Å². The van der Waals surface area contributed by atoms with E-state index in [9.17, 15) is 0 Å². The predicted octanol–water partition coefficient (Wildman–Crippen LogP) is 9.22. The summed E-state index contributed by atoms with van der Waals surface area (Å²) in [4.78, 5) is 14.8. The van der Waals surface area contributed by atoms with Crippen molar-refractivity contribution in [1.29, 1.82) is 0 Å². The van der Waals surface area contributed by atoms with Gasteiger partial charge in [0.15, 0.2) is 0 Å². The van der Waals surface area contributed by atoms with Crippen molar-refractivity contribution in [1.82, 2.24) is 30.0 Å². The predicted molar refractivity (Wildman–Crippen MR) is 227 cm³/mol. The summed E-state index contributed by atoms with van der Waals surface area (Å²) in [5.74, 6) is 5.39. The molecule has 3 aromatic carbocycles. The summed E-state index contributed by atoms with van der Waals surface area (Å²) in [6, 6.07) is 25.1. The third kappa shape index (κ3) is 6.58. The Hall–Kier alpha value is -5.06. The average molecular weight is 779 g/mol. The molecule has 6 aliphatic heterocycles. The van der Waals surface area contributed by atoms with Gasteiger partial charge in [0, 0.05) is 47.4 Å². The third-order valence-corrected chi connectivity index (χ3v) is 14.3. The van der Waals surface area contributed by atoms with E-state index in [1.54, 1.807) is 14.2 Å². The van der Waals surface area contributed by atoms with Gasteiger partial charge in [-0.05, 0) is 123 Å². The summed E-state index contributed by atoms with van der Waals surface area (Å²) >= 11 is 0. The Labute approximate surface area is 340 Å². The molecule has 58 heavy (non-hydrogen) atoms. The van der Waals surface area contributed by atoms with Crippen LogP contribution in [0.4, 0.5) is 0 Å². The van der Waals surface area contributed by atoms with Gasteiger partial charge in [0.2, 0.25) is 11.8 Å². The molecule has 0 saturated carbocycles. The van der Waals surface area contributed by atoms with E-state index in [0.717, 1.165) is 94.2 Å². The third-order valence-electron chi connectivity index (χ3n) is 14.3. The first-order valence-corrected chi connectivity index (χ1v) is 21.5. The van der Waals surface area contributed by atoms with Gasteiger partial charge < -0.3 is 18.9 Å². The summed E-state index contributed by atoms with van der Waals surface area (Å²) in [5, 5.41) is 13.7. The van der Waals surface area contributed by atoms with Crippen LogP contribution in [0.2, 0.25) is 0 Å². The molecule has 0 aliphatic carbocycles. The van der Waals surface area contributed by atoms with E-state index in [2.05, 4.69) is 72.2 Å². The van der Waals surface area contributed by atoms with Gasteiger partial charge in [0.25, 0.3) is 0 Å². The number of hydrogen-bond donors (Lipinski definition) is 0. The van der Waals surface area contributed by atoms with Crippen molar-refractivity contribution < 1.29 is 18.9 Å². The van der Waals surface area contributed by atoms with E-state index in [0.29, 0.717) is 35.4 Å². The molecule has 6 fully saturated rings. The fourth-order valence-electron chi connectivity index (χ4n) is 11.1. The lowest BCUT2D eigenvalue weighted by molar-refractivity contribution is -0.0505. The minimum atomic E-state index is -0.300. The van der Waals surface area contributed by atoms with Crippen LogP contribution >= 0.6 is 0 Å². The van der Waals surface area contributed by atoms with E-state index < -0.39 is 0 Å². The molecule has 10 atom stereocenters. The molecule has 9 heterocycles. The Morgan fingerprint density at radius 2 is 1.07 bits per heavy atom. The molecule has 10 nitrogen and oxygen atoms in total. The molecule has 3 aromatic heterocycles. The Balaban J connectivity index is 1.06. The Kier molecular flexibility index (Phi) is 10.0. The monoisotopic (exact) mass is 778 g/mol. The van der Waals surface area contributed by atoms with Crippen LogP contribution in [0.1, 0.15) is 75.7 Å². The molecule has 0 radical (unpaired) electrons. The maximum Gasteiger partial charge on any atom is 0.242 e. The van der Waals surface area contributed by atoms with Crippen molar-refractivity contribution in [3.05, 3.63) is 96.3 Å². The quantitative estimate of drug-likeness (QED) is 0.120. The van der Waals surface area contributed by atoms with Gasteiger partial charge in [-0.2, -0.15) is 0 Å². The molecule has 0 amide bonds. The van der Waals surface area contributed by atoms with Crippen molar-refractivity contribution in [3.63, 3.8) is 0 Å². The van der Waals surface area contributed by atoms with Crippen molar-refractivity contribution in [2.24, 2.45) is 23.7 Å². The van der Waals surface area contributed by atoms with Crippen LogP contribution in [0, 0.1) is 23.7 Å². The van der Waals surface area contributed by atoms with Gasteiger partial charge in [-0.3, -0.25) is 19.8 Å². The lowest BCUT2D eigenvalue weighted by atomic mass is 9.72. The molecule has 12 rings (SSSR count). The minimum Gasteiger partial charge on any atom is -0.497 e. The van der Waals surface area contributed by atoms with Gasteiger partial charge in [-0.1, -0.05) is 38.8 Å². The van der Waals surface area contributed by atoms with Crippen LogP contribution in [0.3, 0.4) is 0 Å². The van der Waals surface area contributed by atoms with Crippen molar-refractivity contribution in [2.45, 2.75) is 76.7 Å². The molecule has 6 saturated heterocycles. The molecule has 10 heteroatoms. The number of ether oxygens (including phenoxy) is 4. The van der Waals surface area contributed by atoms with Crippen LogP contribution in [-0.4, -0.2) is 82.4 Å². The first-order chi connectivity index (χ1) is 28.5. The Morgan fingerprint density at radius 1 is 0.603 bits per heavy atom. The highest BCUT2D eigenvalue weighted by molar-refractivity contribution is 5.91. The van der Waals surface area contributed by atoms with Crippen molar-refractivity contribution in [2.75, 3.05) is 40.4 Å². The van der Waals surface area contributed by atoms with Gasteiger partial charge in [-0.15, -0.1) is 10.2 Å². The number of rotatable bonds is 12. The fraction of sp³-hybridized carbons (Fsp3) is 0.458. The average Bonchev–Trinajstić information content (AvgIpc) is 3.29. The number of hydrogen-bond acceptors (Lipinski definition) is 10. The number of benzene rings is 3. The molecule has 0 N–H and O–H groups in total. The van der Waals surface area contributed by atoms with Crippen LogP contribution in [0.25, 0.3) is 32.6 Å². The summed E-state index contributed by atoms with van der Waals surface area (Å²) in [6.07, 6.45) is 10.2. The van der Waals surface area contributed by atoms with Crippen molar-refractivity contribution in [3.8, 4) is 23.3 Å². The van der Waals surface area contributed by atoms with Gasteiger partial charge in [0.1, 0.15) is 23.7 Å². The van der Waals surface area contributed by atoms with Crippen LogP contribution < -0.4 is 18.9 Å². The van der Waals surface area contributed by atoms with E-state index in [1.807, 2.05) is 36.7 Å². The zero-order valence-electron chi connectivity index (χ0n) is 34.1. The lowest BCUT2D eigenvalue weighted by Crippen LogP contribution is -2.56. The number of aromatic nitrogens is 4. The Morgan fingerprint density at radius 3 is 1.47 bits per heavy atom.